The van der Waals surface area contributed by atoms with E-state index in [9.17, 15) is 14.9 Å². The number of carbonyl (C=O) groups is 1. The van der Waals surface area contributed by atoms with Gasteiger partial charge in [-0.2, -0.15) is 10.2 Å². The zero-order valence-electron chi connectivity index (χ0n) is 14.3. The van der Waals surface area contributed by atoms with Crippen LogP contribution in [0.5, 0.6) is 0 Å². The molecule has 2 aromatic rings. The van der Waals surface area contributed by atoms with Crippen molar-refractivity contribution in [2.75, 3.05) is 0 Å². The summed E-state index contributed by atoms with van der Waals surface area (Å²) in [6.45, 7) is 8.52. The summed E-state index contributed by atoms with van der Waals surface area (Å²) in [5, 5.41) is 22.1. The van der Waals surface area contributed by atoms with E-state index in [1.54, 1.807) is 6.92 Å². The van der Waals surface area contributed by atoms with Crippen molar-refractivity contribution in [1.82, 2.24) is 24.9 Å². The Morgan fingerprint density at radius 2 is 2.17 bits per heavy atom. The zero-order valence-corrected chi connectivity index (χ0v) is 14.3. The van der Waals surface area contributed by atoms with Crippen molar-refractivity contribution in [3.63, 3.8) is 0 Å². The van der Waals surface area contributed by atoms with Gasteiger partial charge in [-0.1, -0.05) is 0 Å². The smallest absolute Gasteiger partial charge is 0.309 e. The van der Waals surface area contributed by atoms with Crippen molar-refractivity contribution < 1.29 is 9.72 Å². The number of aromatic nitrogens is 4. The van der Waals surface area contributed by atoms with Crippen molar-refractivity contribution in [1.29, 1.82) is 0 Å². The lowest BCUT2D eigenvalue weighted by Gasteiger charge is -2.13. The number of nitrogens with zero attached hydrogens (tertiary/aromatic N) is 5. The lowest BCUT2D eigenvalue weighted by molar-refractivity contribution is -0.385. The number of hydrogen-bond donors (Lipinski definition) is 1. The van der Waals surface area contributed by atoms with E-state index in [0.717, 1.165) is 17.8 Å². The zero-order chi connectivity index (χ0) is 17.9. The fourth-order valence-electron chi connectivity index (χ4n) is 2.56. The van der Waals surface area contributed by atoms with Gasteiger partial charge >= 0.3 is 5.69 Å². The normalized spacial score (nSPS) is 12.2. The maximum absolute atomic E-state index is 12.1. The number of amides is 1. The molecule has 0 unspecified atom stereocenters. The Morgan fingerprint density at radius 1 is 1.46 bits per heavy atom. The molecule has 0 fully saturated rings. The molecular weight excluding hydrogens is 312 g/mol. The summed E-state index contributed by atoms with van der Waals surface area (Å²) >= 11 is 0. The third-order valence-electron chi connectivity index (χ3n) is 3.98. The van der Waals surface area contributed by atoms with Gasteiger partial charge in [0.15, 0.2) is 0 Å². The van der Waals surface area contributed by atoms with Gasteiger partial charge < -0.3 is 5.32 Å². The number of nitrogens with one attached hydrogen (secondary N) is 1. The van der Waals surface area contributed by atoms with E-state index >= 15 is 0 Å². The van der Waals surface area contributed by atoms with E-state index in [4.69, 9.17) is 0 Å². The standard InChI is InChI=1S/C15H22N6O3/c1-5-19-9-13(11(3)18-19)10(2)17-15(22)6-7-20-12(4)14(8-16-20)21(23)24/h8-10H,5-7H2,1-4H3,(H,17,22)/t10-/m1/s1. The van der Waals surface area contributed by atoms with Crippen LogP contribution in [0, 0.1) is 24.0 Å². The molecule has 2 rings (SSSR count). The first kappa shape index (κ1) is 17.6. The molecule has 0 aromatic carbocycles. The quantitative estimate of drug-likeness (QED) is 0.614. The van der Waals surface area contributed by atoms with Crippen molar-refractivity contribution in [2.24, 2.45) is 0 Å². The maximum atomic E-state index is 12.1. The molecule has 0 saturated carbocycles. The van der Waals surface area contributed by atoms with Gasteiger partial charge in [0.05, 0.1) is 23.2 Å². The highest BCUT2D eigenvalue weighted by atomic mass is 16.6. The van der Waals surface area contributed by atoms with Crippen LogP contribution in [0.1, 0.15) is 43.3 Å². The van der Waals surface area contributed by atoms with Gasteiger partial charge in [0, 0.05) is 24.7 Å². The molecule has 0 saturated heterocycles. The first-order chi connectivity index (χ1) is 11.3. The maximum Gasteiger partial charge on any atom is 0.309 e. The molecule has 9 heteroatoms. The van der Waals surface area contributed by atoms with Crippen molar-refractivity contribution in [2.45, 2.75) is 53.2 Å². The number of aryl methyl sites for hydroxylation is 3. The summed E-state index contributed by atoms with van der Waals surface area (Å²) in [5.74, 6) is -0.135. The fourth-order valence-corrected chi connectivity index (χ4v) is 2.56. The molecule has 2 aromatic heterocycles. The Bertz CT molecular complexity index is 748. The van der Waals surface area contributed by atoms with Crippen LogP contribution in [0.25, 0.3) is 0 Å². The van der Waals surface area contributed by atoms with Crippen LogP contribution in [-0.4, -0.2) is 30.4 Å². The minimum absolute atomic E-state index is 0.0358. The van der Waals surface area contributed by atoms with Crippen molar-refractivity contribution in [3.8, 4) is 0 Å². The Hall–Kier alpha value is -2.71. The van der Waals surface area contributed by atoms with Crippen molar-refractivity contribution >= 4 is 11.6 Å². The number of nitro groups is 1. The predicted octanol–water partition coefficient (Wildman–Crippen LogP) is 1.89. The molecule has 2 heterocycles. The highest BCUT2D eigenvalue weighted by Crippen LogP contribution is 2.18. The molecule has 0 radical (unpaired) electrons. The van der Waals surface area contributed by atoms with E-state index in [0.29, 0.717) is 12.2 Å². The summed E-state index contributed by atoms with van der Waals surface area (Å²) in [4.78, 5) is 22.4. The number of carbonyl (C=O) groups excluding carboxylic acids is 1. The number of hydrogen-bond acceptors (Lipinski definition) is 5. The predicted molar refractivity (Wildman–Crippen MR) is 87.4 cm³/mol. The molecule has 0 spiro atoms. The largest absolute Gasteiger partial charge is 0.349 e. The van der Waals surface area contributed by atoms with Gasteiger partial charge in [-0.25, -0.2) is 0 Å². The second-order valence-electron chi connectivity index (χ2n) is 5.66. The molecule has 1 atom stereocenters. The molecule has 24 heavy (non-hydrogen) atoms. The molecule has 9 nitrogen and oxygen atoms in total. The van der Waals surface area contributed by atoms with Crippen LogP contribution < -0.4 is 5.32 Å². The molecular formula is C15H22N6O3. The molecule has 0 aliphatic rings. The highest BCUT2D eigenvalue weighted by molar-refractivity contribution is 5.76. The van der Waals surface area contributed by atoms with Crippen LogP contribution in [0.4, 0.5) is 5.69 Å². The van der Waals surface area contributed by atoms with E-state index in [2.05, 4.69) is 15.5 Å². The number of rotatable bonds is 7. The minimum atomic E-state index is -0.477. The van der Waals surface area contributed by atoms with Gasteiger partial charge in [-0.05, 0) is 27.7 Å². The first-order valence-corrected chi connectivity index (χ1v) is 7.83. The molecule has 130 valence electrons. The topological polar surface area (TPSA) is 108 Å². The second-order valence-corrected chi connectivity index (χ2v) is 5.66. The Morgan fingerprint density at radius 3 is 2.71 bits per heavy atom. The minimum Gasteiger partial charge on any atom is -0.349 e. The van der Waals surface area contributed by atoms with Crippen LogP contribution in [-0.2, 0) is 17.9 Å². The monoisotopic (exact) mass is 334 g/mol. The third kappa shape index (κ3) is 3.79. The van der Waals surface area contributed by atoms with Gasteiger partial charge in [-0.15, -0.1) is 0 Å². The summed E-state index contributed by atoms with van der Waals surface area (Å²) in [7, 11) is 0. The Balaban J connectivity index is 1.93. The lowest BCUT2D eigenvalue weighted by atomic mass is 10.1. The first-order valence-electron chi connectivity index (χ1n) is 7.83. The Kier molecular flexibility index (Phi) is 5.32. The fraction of sp³-hybridized carbons (Fsp3) is 0.533. The van der Waals surface area contributed by atoms with E-state index in [1.807, 2.05) is 31.6 Å². The van der Waals surface area contributed by atoms with E-state index in [1.165, 1.54) is 10.9 Å². The summed E-state index contributed by atoms with van der Waals surface area (Å²) in [5.41, 5.74) is 2.28. The SMILES string of the molecule is CCn1cc([C@@H](C)NC(=O)CCn2ncc([N+](=O)[O-])c2C)c(C)n1. The average molecular weight is 334 g/mol. The molecule has 0 bridgehead atoms. The van der Waals surface area contributed by atoms with Crippen LogP contribution in [0.15, 0.2) is 12.4 Å². The van der Waals surface area contributed by atoms with Gasteiger partial charge in [-0.3, -0.25) is 24.3 Å². The summed E-state index contributed by atoms with van der Waals surface area (Å²) < 4.78 is 3.31. The average Bonchev–Trinajstić information content (AvgIpc) is 3.08. The van der Waals surface area contributed by atoms with Crippen LogP contribution in [0.2, 0.25) is 0 Å². The van der Waals surface area contributed by atoms with Gasteiger partial charge in [0.25, 0.3) is 0 Å². The second kappa shape index (κ2) is 7.24. The molecule has 0 aliphatic heterocycles. The third-order valence-corrected chi connectivity index (χ3v) is 3.98. The molecule has 1 N–H and O–H groups in total. The lowest BCUT2D eigenvalue weighted by Crippen LogP contribution is -2.27. The highest BCUT2D eigenvalue weighted by Gasteiger charge is 2.18. The van der Waals surface area contributed by atoms with E-state index in [-0.39, 0.29) is 24.1 Å². The van der Waals surface area contributed by atoms with Gasteiger partial charge in [0.2, 0.25) is 5.91 Å². The molecule has 0 aliphatic carbocycles. The van der Waals surface area contributed by atoms with Crippen molar-refractivity contribution in [3.05, 3.63) is 39.5 Å². The summed E-state index contributed by atoms with van der Waals surface area (Å²) in [6.07, 6.45) is 3.34. The Labute approximate surface area is 139 Å². The van der Waals surface area contributed by atoms with Crippen LogP contribution >= 0.6 is 0 Å². The summed E-state index contributed by atoms with van der Waals surface area (Å²) in [6, 6.07) is -0.147. The van der Waals surface area contributed by atoms with E-state index < -0.39 is 4.92 Å². The molecule has 1 amide bonds. The van der Waals surface area contributed by atoms with Crippen LogP contribution in [0.3, 0.4) is 0 Å². The van der Waals surface area contributed by atoms with Gasteiger partial charge in [0.1, 0.15) is 11.9 Å².